The molecule has 1 fully saturated rings. The van der Waals surface area contributed by atoms with Gasteiger partial charge in [0.25, 0.3) is 0 Å². The van der Waals surface area contributed by atoms with Gasteiger partial charge < -0.3 is 15.0 Å². The normalized spacial score (nSPS) is 25.1. The van der Waals surface area contributed by atoms with Crippen LogP contribution in [-0.4, -0.2) is 49.2 Å². The van der Waals surface area contributed by atoms with Gasteiger partial charge in [0.1, 0.15) is 0 Å². The van der Waals surface area contributed by atoms with E-state index < -0.39 is 0 Å². The number of rotatable bonds is 5. The van der Waals surface area contributed by atoms with Crippen LogP contribution in [0.5, 0.6) is 0 Å². The van der Waals surface area contributed by atoms with Crippen LogP contribution in [-0.2, 0) is 9.53 Å². The summed E-state index contributed by atoms with van der Waals surface area (Å²) in [4.78, 5) is 13.9. The summed E-state index contributed by atoms with van der Waals surface area (Å²) in [7, 11) is 1.84. The van der Waals surface area contributed by atoms with Crippen LogP contribution >= 0.6 is 0 Å². The van der Waals surface area contributed by atoms with Gasteiger partial charge in [0.2, 0.25) is 5.91 Å². The topological polar surface area (TPSA) is 41.6 Å². The van der Waals surface area contributed by atoms with Crippen LogP contribution in [0.2, 0.25) is 0 Å². The first-order valence-electron chi connectivity index (χ1n) is 6.08. The molecule has 0 bridgehead atoms. The first-order chi connectivity index (χ1) is 7.46. The Morgan fingerprint density at radius 3 is 2.75 bits per heavy atom. The molecule has 0 aromatic rings. The Morgan fingerprint density at radius 2 is 2.25 bits per heavy atom. The number of amides is 1. The monoisotopic (exact) mass is 228 g/mol. The predicted molar refractivity (Wildman–Crippen MR) is 64.4 cm³/mol. The highest BCUT2D eigenvalue weighted by Crippen LogP contribution is 2.20. The SMILES string of the molecule is CC(C)OCCN(C)C(=O)C1(C)CCCN1. The molecule has 0 aromatic heterocycles. The number of carbonyl (C=O) groups is 1. The molecule has 4 nitrogen and oxygen atoms in total. The fraction of sp³-hybridized carbons (Fsp3) is 0.917. The van der Waals surface area contributed by atoms with Crippen molar-refractivity contribution in [3.8, 4) is 0 Å². The Bertz CT molecular complexity index is 235. The first kappa shape index (κ1) is 13.5. The summed E-state index contributed by atoms with van der Waals surface area (Å²) in [6, 6.07) is 0. The number of hydrogen-bond donors (Lipinski definition) is 1. The van der Waals surface area contributed by atoms with E-state index in [1.165, 1.54) is 0 Å². The molecule has 0 saturated carbocycles. The second-order valence-electron chi connectivity index (χ2n) is 5.01. The van der Waals surface area contributed by atoms with Gasteiger partial charge in [0, 0.05) is 13.6 Å². The Kier molecular flexibility index (Phi) is 4.74. The second-order valence-corrected chi connectivity index (χ2v) is 5.01. The predicted octanol–water partition coefficient (Wildman–Crippen LogP) is 1.01. The molecule has 1 amide bonds. The van der Waals surface area contributed by atoms with E-state index in [9.17, 15) is 4.79 Å². The number of nitrogens with zero attached hydrogens (tertiary/aromatic N) is 1. The maximum absolute atomic E-state index is 12.2. The third kappa shape index (κ3) is 3.46. The summed E-state index contributed by atoms with van der Waals surface area (Å²) >= 11 is 0. The number of carbonyl (C=O) groups excluding carboxylic acids is 1. The van der Waals surface area contributed by atoms with Crippen molar-refractivity contribution in [1.29, 1.82) is 0 Å². The van der Waals surface area contributed by atoms with Gasteiger partial charge in [-0.2, -0.15) is 0 Å². The molecule has 1 atom stereocenters. The molecule has 16 heavy (non-hydrogen) atoms. The largest absolute Gasteiger partial charge is 0.377 e. The molecular weight excluding hydrogens is 204 g/mol. The maximum Gasteiger partial charge on any atom is 0.242 e. The minimum absolute atomic E-state index is 0.178. The molecule has 1 N–H and O–H groups in total. The molecule has 1 aliphatic heterocycles. The summed E-state index contributed by atoms with van der Waals surface area (Å²) in [6.07, 6.45) is 2.24. The molecule has 0 spiro atoms. The summed E-state index contributed by atoms with van der Waals surface area (Å²) in [5.74, 6) is 0.178. The van der Waals surface area contributed by atoms with Crippen molar-refractivity contribution < 1.29 is 9.53 Å². The molecule has 0 aliphatic carbocycles. The van der Waals surface area contributed by atoms with Gasteiger partial charge in [-0.05, 0) is 40.2 Å². The van der Waals surface area contributed by atoms with Gasteiger partial charge in [-0.15, -0.1) is 0 Å². The lowest BCUT2D eigenvalue weighted by Crippen LogP contribution is -2.52. The van der Waals surface area contributed by atoms with Gasteiger partial charge in [-0.25, -0.2) is 0 Å². The van der Waals surface area contributed by atoms with Gasteiger partial charge in [-0.1, -0.05) is 0 Å². The smallest absolute Gasteiger partial charge is 0.242 e. The van der Waals surface area contributed by atoms with Gasteiger partial charge >= 0.3 is 0 Å². The highest BCUT2D eigenvalue weighted by molar-refractivity contribution is 5.86. The second kappa shape index (κ2) is 5.64. The molecule has 1 unspecified atom stereocenters. The lowest BCUT2D eigenvalue weighted by Gasteiger charge is -2.29. The minimum Gasteiger partial charge on any atom is -0.377 e. The molecule has 1 rings (SSSR count). The lowest BCUT2D eigenvalue weighted by molar-refractivity contribution is -0.136. The van der Waals surface area contributed by atoms with E-state index in [1.807, 2.05) is 27.8 Å². The number of hydrogen-bond acceptors (Lipinski definition) is 3. The molecule has 1 heterocycles. The van der Waals surface area contributed by atoms with Gasteiger partial charge in [0.05, 0.1) is 18.2 Å². The van der Waals surface area contributed by atoms with E-state index in [0.29, 0.717) is 13.2 Å². The van der Waals surface area contributed by atoms with E-state index in [-0.39, 0.29) is 17.6 Å². The molecule has 1 aliphatic rings. The molecular formula is C12H24N2O2. The third-order valence-electron chi connectivity index (χ3n) is 3.07. The number of likely N-dealkylation sites (N-methyl/N-ethyl adjacent to an activating group) is 1. The Morgan fingerprint density at radius 1 is 1.56 bits per heavy atom. The molecule has 4 heteroatoms. The van der Waals surface area contributed by atoms with Crippen molar-refractivity contribution in [2.75, 3.05) is 26.7 Å². The van der Waals surface area contributed by atoms with Crippen LogP contribution in [0.15, 0.2) is 0 Å². The average molecular weight is 228 g/mol. The van der Waals surface area contributed by atoms with E-state index in [2.05, 4.69) is 5.32 Å². The summed E-state index contributed by atoms with van der Waals surface area (Å²) in [5.41, 5.74) is -0.355. The van der Waals surface area contributed by atoms with Crippen LogP contribution in [0, 0.1) is 0 Å². The van der Waals surface area contributed by atoms with Crippen molar-refractivity contribution in [1.82, 2.24) is 10.2 Å². The van der Waals surface area contributed by atoms with E-state index in [0.717, 1.165) is 19.4 Å². The van der Waals surface area contributed by atoms with Crippen LogP contribution < -0.4 is 5.32 Å². The summed E-state index contributed by atoms with van der Waals surface area (Å²) in [6.45, 7) is 8.20. The zero-order valence-electron chi connectivity index (χ0n) is 10.9. The summed E-state index contributed by atoms with van der Waals surface area (Å²) in [5, 5.41) is 3.28. The van der Waals surface area contributed by atoms with E-state index in [1.54, 1.807) is 4.90 Å². The van der Waals surface area contributed by atoms with Crippen molar-refractivity contribution in [2.45, 2.75) is 45.3 Å². The lowest BCUT2D eigenvalue weighted by atomic mass is 9.99. The molecule has 94 valence electrons. The number of nitrogens with one attached hydrogen (secondary N) is 1. The number of ether oxygens (including phenoxy) is 1. The van der Waals surface area contributed by atoms with E-state index >= 15 is 0 Å². The molecule has 0 radical (unpaired) electrons. The highest BCUT2D eigenvalue weighted by Gasteiger charge is 2.37. The maximum atomic E-state index is 12.2. The van der Waals surface area contributed by atoms with Crippen LogP contribution in [0.1, 0.15) is 33.6 Å². The fourth-order valence-electron chi connectivity index (χ4n) is 2.03. The fourth-order valence-corrected chi connectivity index (χ4v) is 2.03. The minimum atomic E-state index is -0.355. The molecule has 1 saturated heterocycles. The first-order valence-corrected chi connectivity index (χ1v) is 6.08. The highest BCUT2D eigenvalue weighted by atomic mass is 16.5. The Balaban J connectivity index is 2.35. The van der Waals surface area contributed by atoms with Crippen LogP contribution in [0.4, 0.5) is 0 Å². The average Bonchev–Trinajstić information content (AvgIpc) is 2.64. The van der Waals surface area contributed by atoms with Gasteiger partial charge in [0.15, 0.2) is 0 Å². The summed E-state index contributed by atoms with van der Waals surface area (Å²) < 4.78 is 5.44. The Hall–Kier alpha value is -0.610. The van der Waals surface area contributed by atoms with Crippen LogP contribution in [0.3, 0.4) is 0 Å². The van der Waals surface area contributed by atoms with Crippen molar-refractivity contribution in [2.24, 2.45) is 0 Å². The van der Waals surface area contributed by atoms with Crippen LogP contribution in [0.25, 0.3) is 0 Å². The van der Waals surface area contributed by atoms with Crippen molar-refractivity contribution in [3.05, 3.63) is 0 Å². The molecule has 0 aromatic carbocycles. The van der Waals surface area contributed by atoms with E-state index in [4.69, 9.17) is 4.74 Å². The Labute approximate surface area is 98.3 Å². The van der Waals surface area contributed by atoms with Crippen molar-refractivity contribution in [3.63, 3.8) is 0 Å². The zero-order valence-corrected chi connectivity index (χ0v) is 10.9. The van der Waals surface area contributed by atoms with Crippen molar-refractivity contribution >= 4 is 5.91 Å². The third-order valence-corrected chi connectivity index (χ3v) is 3.07. The quantitative estimate of drug-likeness (QED) is 0.763. The standard InChI is InChI=1S/C12H24N2O2/c1-10(2)16-9-8-14(4)11(15)12(3)6-5-7-13-12/h10,13H,5-9H2,1-4H3. The van der Waals surface area contributed by atoms with Gasteiger partial charge in [-0.3, -0.25) is 4.79 Å². The zero-order chi connectivity index (χ0) is 12.2.